The number of ether oxygens (including phenoxy) is 1. The number of amides is 2. The molecule has 0 atom stereocenters. The molecule has 1 N–H and O–H groups in total. The van der Waals surface area contributed by atoms with Crippen molar-refractivity contribution in [1.29, 1.82) is 0 Å². The lowest BCUT2D eigenvalue weighted by atomic mass is 10.2. The van der Waals surface area contributed by atoms with Gasteiger partial charge in [-0.25, -0.2) is 4.79 Å². The van der Waals surface area contributed by atoms with E-state index in [1.807, 2.05) is 0 Å². The van der Waals surface area contributed by atoms with Gasteiger partial charge >= 0.3 is 12.2 Å². The van der Waals surface area contributed by atoms with Gasteiger partial charge < -0.3 is 19.9 Å². The third kappa shape index (κ3) is 4.35. The molecule has 0 bridgehead atoms. The Labute approximate surface area is 137 Å². The molecule has 0 saturated heterocycles. The number of nitrogens with zero attached hydrogens (tertiary/aromatic N) is 2. The highest BCUT2D eigenvalue weighted by atomic mass is 19.4. The molecule has 24 heavy (non-hydrogen) atoms. The first-order chi connectivity index (χ1) is 11.3. The molecule has 0 unspecified atom stereocenters. The Morgan fingerprint density at radius 2 is 2.08 bits per heavy atom. The standard InChI is InChI=1S/C16H16F3N3O2/c1-3-8-20-15(23)21(2)9-12-4-6-13(7-5-12)22-10-14(24-11-22)16(17,18)19/h1,4-7,10H,8-9,11H2,2H3,(H,20,23). The van der Waals surface area contributed by atoms with E-state index < -0.39 is 11.9 Å². The first kappa shape index (κ1) is 17.5. The molecule has 0 radical (unpaired) electrons. The molecule has 0 fully saturated rings. The van der Waals surface area contributed by atoms with Crippen molar-refractivity contribution in [3.05, 3.63) is 41.8 Å². The minimum atomic E-state index is -4.50. The molecule has 1 heterocycles. The Balaban J connectivity index is 1.98. The summed E-state index contributed by atoms with van der Waals surface area (Å²) in [4.78, 5) is 14.5. The van der Waals surface area contributed by atoms with Crippen molar-refractivity contribution >= 4 is 11.7 Å². The molecule has 1 aliphatic heterocycles. The number of urea groups is 1. The van der Waals surface area contributed by atoms with Gasteiger partial charge in [0.1, 0.15) is 0 Å². The Morgan fingerprint density at radius 1 is 1.42 bits per heavy atom. The van der Waals surface area contributed by atoms with Gasteiger partial charge in [-0.15, -0.1) is 6.42 Å². The summed E-state index contributed by atoms with van der Waals surface area (Å²) >= 11 is 0. The third-order valence-electron chi connectivity index (χ3n) is 3.29. The number of rotatable bonds is 4. The molecule has 1 aliphatic rings. The summed E-state index contributed by atoms with van der Waals surface area (Å²) < 4.78 is 42.3. The van der Waals surface area contributed by atoms with Crippen LogP contribution in [0.1, 0.15) is 5.56 Å². The number of nitrogens with one attached hydrogen (secondary N) is 1. The fourth-order valence-electron chi connectivity index (χ4n) is 2.06. The van der Waals surface area contributed by atoms with Crippen molar-refractivity contribution in [1.82, 2.24) is 10.2 Å². The molecule has 0 aliphatic carbocycles. The van der Waals surface area contributed by atoms with E-state index in [4.69, 9.17) is 6.42 Å². The van der Waals surface area contributed by atoms with E-state index in [1.165, 1.54) is 9.80 Å². The van der Waals surface area contributed by atoms with Gasteiger partial charge in [0.25, 0.3) is 0 Å². The molecule has 0 aromatic heterocycles. The van der Waals surface area contributed by atoms with E-state index in [0.717, 1.165) is 11.8 Å². The van der Waals surface area contributed by atoms with Gasteiger partial charge in [-0.1, -0.05) is 18.1 Å². The van der Waals surface area contributed by atoms with Gasteiger partial charge in [0.15, 0.2) is 6.73 Å². The molecule has 128 valence electrons. The fraction of sp³-hybridized carbons (Fsp3) is 0.312. The zero-order chi connectivity index (χ0) is 17.7. The van der Waals surface area contributed by atoms with Crippen molar-refractivity contribution in [3.63, 3.8) is 0 Å². The number of terminal acetylenes is 1. The van der Waals surface area contributed by atoms with Crippen molar-refractivity contribution in [2.75, 3.05) is 25.2 Å². The van der Waals surface area contributed by atoms with Crippen molar-refractivity contribution < 1.29 is 22.7 Å². The lowest BCUT2D eigenvalue weighted by Gasteiger charge is -2.18. The molecule has 2 rings (SSSR count). The highest BCUT2D eigenvalue weighted by Crippen LogP contribution is 2.32. The second-order valence-electron chi connectivity index (χ2n) is 5.12. The Hall–Kier alpha value is -2.82. The predicted molar refractivity (Wildman–Crippen MR) is 82.7 cm³/mol. The molecule has 1 aromatic carbocycles. The quantitative estimate of drug-likeness (QED) is 0.858. The third-order valence-corrected chi connectivity index (χ3v) is 3.29. The van der Waals surface area contributed by atoms with Gasteiger partial charge in [0, 0.05) is 19.3 Å². The number of hydrogen-bond acceptors (Lipinski definition) is 3. The van der Waals surface area contributed by atoms with Crippen molar-refractivity contribution in [2.24, 2.45) is 0 Å². The first-order valence-electron chi connectivity index (χ1n) is 7.01. The number of halogens is 3. The van der Waals surface area contributed by atoms with Gasteiger partial charge in [-0.3, -0.25) is 0 Å². The van der Waals surface area contributed by atoms with E-state index in [-0.39, 0.29) is 19.3 Å². The van der Waals surface area contributed by atoms with E-state index >= 15 is 0 Å². The molecular formula is C16H16F3N3O2. The maximum absolute atomic E-state index is 12.5. The summed E-state index contributed by atoms with van der Waals surface area (Å²) in [7, 11) is 1.62. The van der Waals surface area contributed by atoms with Crippen molar-refractivity contribution in [2.45, 2.75) is 12.7 Å². The topological polar surface area (TPSA) is 44.8 Å². The second kappa shape index (κ2) is 7.17. The molecule has 8 heteroatoms. The van der Waals surface area contributed by atoms with Crippen LogP contribution >= 0.6 is 0 Å². The van der Waals surface area contributed by atoms with Crippen LogP contribution in [-0.4, -0.2) is 37.4 Å². The molecular weight excluding hydrogens is 323 g/mol. The SMILES string of the molecule is C#CCNC(=O)N(C)Cc1ccc(N2C=C(C(F)(F)F)OC2)cc1. The zero-order valence-corrected chi connectivity index (χ0v) is 12.9. The second-order valence-corrected chi connectivity index (χ2v) is 5.12. The molecule has 5 nitrogen and oxygen atoms in total. The van der Waals surface area contributed by atoms with Crippen LogP contribution in [-0.2, 0) is 11.3 Å². The van der Waals surface area contributed by atoms with Gasteiger partial charge in [-0.2, -0.15) is 13.2 Å². The average Bonchev–Trinajstić information content (AvgIpc) is 3.03. The largest absolute Gasteiger partial charge is 0.466 e. The van der Waals surface area contributed by atoms with Gasteiger partial charge in [0.2, 0.25) is 5.76 Å². The minimum Gasteiger partial charge on any atom is -0.466 e. The van der Waals surface area contributed by atoms with E-state index in [1.54, 1.807) is 31.3 Å². The normalized spacial score (nSPS) is 13.8. The van der Waals surface area contributed by atoms with Crippen LogP contribution in [0, 0.1) is 12.3 Å². The lowest BCUT2D eigenvalue weighted by molar-refractivity contribution is -0.126. The van der Waals surface area contributed by atoms with Crippen LogP contribution in [0.3, 0.4) is 0 Å². The number of benzene rings is 1. The Morgan fingerprint density at radius 3 is 2.62 bits per heavy atom. The monoisotopic (exact) mass is 339 g/mol. The molecule has 0 spiro atoms. The van der Waals surface area contributed by atoms with Gasteiger partial charge in [0.05, 0.1) is 12.7 Å². The number of hydrogen-bond donors (Lipinski definition) is 1. The maximum atomic E-state index is 12.5. The number of carbonyl (C=O) groups is 1. The highest BCUT2D eigenvalue weighted by molar-refractivity contribution is 5.74. The minimum absolute atomic E-state index is 0.144. The predicted octanol–water partition coefficient (Wildman–Crippen LogP) is 2.66. The summed E-state index contributed by atoms with van der Waals surface area (Å²) in [6, 6.07) is 6.51. The van der Waals surface area contributed by atoms with Crippen LogP contribution in [0.15, 0.2) is 36.2 Å². The summed E-state index contributed by atoms with van der Waals surface area (Å²) in [5.41, 5.74) is 1.40. The zero-order valence-electron chi connectivity index (χ0n) is 12.9. The number of alkyl halides is 3. The fourth-order valence-corrected chi connectivity index (χ4v) is 2.06. The lowest BCUT2D eigenvalue weighted by Crippen LogP contribution is -2.36. The number of anilines is 1. The first-order valence-corrected chi connectivity index (χ1v) is 7.01. The summed E-state index contributed by atoms with van der Waals surface area (Å²) in [5.74, 6) is 1.29. The summed E-state index contributed by atoms with van der Waals surface area (Å²) in [6.07, 6.45) is 1.50. The van der Waals surface area contributed by atoms with E-state index in [9.17, 15) is 18.0 Å². The molecule has 0 saturated carbocycles. The smallest absolute Gasteiger partial charge is 0.450 e. The molecule has 2 amide bonds. The summed E-state index contributed by atoms with van der Waals surface area (Å²) in [6.45, 7) is 0.296. The maximum Gasteiger partial charge on any atom is 0.450 e. The number of allylic oxidation sites excluding steroid dienone is 1. The Bertz CT molecular complexity index is 663. The van der Waals surface area contributed by atoms with Crippen LogP contribution in [0.2, 0.25) is 0 Å². The van der Waals surface area contributed by atoms with E-state index in [2.05, 4.69) is 16.0 Å². The van der Waals surface area contributed by atoms with Crippen LogP contribution in [0.4, 0.5) is 23.7 Å². The van der Waals surface area contributed by atoms with Gasteiger partial charge in [-0.05, 0) is 17.7 Å². The Kier molecular flexibility index (Phi) is 5.24. The van der Waals surface area contributed by atoms with E-state index in [0.29, 0.717) is 12.2 Å². The van der Waals surface area contributed by atoms with Crippen LogP contribution in [0.5, 0.6) is 0 Å². The number of carbonyl (C=O) groups excluding carboxylic acids is 1. The van der Waals surface area contributed by atoms with Crippen LogP contribution in [0.25, 0.3) is 0 Å². The van der Waals surface area contributed by atoms with Crippen LogP contribution < -0.4 is 10.2 Å². The highest BCUT2D eigenvalue weighted by Gasteiger charge is 2.39. The van der Waals surface area contributed by atoms with Crippen molar-refractivity contribution in [3.8, 4) is 12.3 Å². The summed E-state index contributed by atoms with van der Waals surface area (Å²) in [5, 5.41) is 2.54. The molecule has 1 aromatic rings. The average molecular weight is 339 g/mol.